The maximum Gasteiger partial charge on any atom is 0.122 e. The first-order chi connectivity index (χ1) is 7.74. The second kappa shape index (κ2) is 7.46. The molecule has 5 heteroatoms. The van der Waals surface area contributed by atoms with Gasteiger partial charge < -0.3 is 11.1 Å². The van der Waals surface area contributed by atoms with Crippen LogP contribution in [-0.2, 0) is 0 Å². The van der Waals surface area contributed by atoms with Crippen LogP contribution in [0.2, 0.25) is 0 Å². The van der Waals surface area contributed by atoms with Crippen LogP contribution in [0.25, 0.3) is 0 Å². The molecule has 16 heavy (non-hydrogen) atoms. The summed E-state index contributed by atoms with van der Waals surface area (Å²) in [6, 6.07) is 3.81. The Morgan fingerprint density at radius 3 is 3.06 bits per heavy atom. The van der Waals surface area contributed by atoms with Crippen LogP contribution in [0, 0.1) is 0 Å². The summed E-state index contributed by atoms with van der Waals surface area (Å²) in [5.74, 6) is 1.22. The Morgan fingerprint density at radius 1 is 1.56 bits per heavy atom. The Labute approximate surface area is 106 Å². The molecule has 0 amide bonds. The van der Waals surface area contributed by atoms with Crippen LogP contribution in [0.5, 0.6) is 0 Å². The number of rotatable bonds is 7. The zero-order chi connectivity index (χ0) is 11.8. The third kappa shape index (κ3) is 4.81. The highest BCUT2D eigenvalue weighted by molar-refractivity contribution is 7.98. The van der Waals surface area contributed by atoms with Gasteiger partial charge in [-0.05, 0) is 37.0 Å². The molecule has 1 aromatic heterocycles. The fraction of sp³-hybridized carbons (Fsp3) is 0.455. The molecule has 0 spiro atoms. The topological polar surface area (TPSA) is 50.9 Å². The quantitative estimate of drug-likeness (QED) is 0.578. The number of unbranched alkanes of at least 4 members (excludes halogenated alkanes) is 1. The van der Waals surface area contributed by atoms with Gasteiger partial charge in [-0.25, -0.2) is 0 Å². The maximum absolute atomic E-state index is 5.52. The van der Waals surface area contributed by atoms with E-state index in [-0.39, 0.29) is 0 Å². The van der Waals surface area contributed by atoms with E-state index in [0.29, 0.717) is 10.7 Å². The summed E-state index contributed by atoms with van der Waals surface area (Å²) in [7, 11) is 0. The minimum atomic E-state index is 0.339. The molecule has 0 aliphatic rings. The summed E-state index contributed by atoms with van der Waals surface area (Å²) in [5.41, 5.74) is 7.22. The number of pyridine rings is 1. The SMILES string of the molecule is CSCCCCNc1ccnc(C(N)=S)c1. The van der Waals surface area contributed by atoms with Gasteiger partial charge in [0, 0.05) is 18.4 Å². The van der Waals surface area contributed by atoms with Crippen molar-refractivity contribution in [2.75, 3.05) is 23.9 Å². The lowest BCUT2D eigenvalue weighted by Crippen LogP contribution is -2.12. The Hall–Kier alpha value is -0.810. The van der Waals surface area contributed by atoms with Crippen molar-refractivity contribution < 1.29 is 0 Å². The average Bonchev–Trinajstić information content (AvgIpc) is 2.29. The van der Waals surface area contributed by atoms with Gasteiger partial charge in [-0.1, -0.05) is 12.2 Å². The van der Waals surface area contributed by atoms with Gasteiger partial charge in [0.15, 0.2) is 0 Å². The van der Waals surface area contributed by atoms with Crippen LogP contribution in [0.1, 0.15) is 18.5 Å². The monoisotopic (exact) mass is 255 g/mol. The van der Waals surface area contributed by atoms with E-state index in [9.17, 15) is 0 Å². The number of nitrogens with one attached hydrogen (secondary N) is 1. The summed E-state index contributed by atoms with van der Waals surface area (Å²) in [5, 5.41) is 3.33. The van der Waals surface area contributed by atoms with Crippen molar-refractivity contribution in [1.82, 2.24) is 4.98 Å². The van der Waals surface area contributed by atoms with Crippen molar-refractivity contribution >= 4 is 34.7 Å². The fourth-order valence-electron chi connectivity index (χ4n) is 1.28. The molecule has 1 aromatic rings. The highest BCUT2D eigenvalue weighted by atomic mass is 32.2. The summed E-state index contributed by atoms with van der Waals surface area (Å²) in [6.07, 6.45) is 6.26. The van der Waals surface area contributed by atoms with E-state index in [4.69, 9.17) is 18.0 Å². The molecule has 0 aromatic carbocycles. The van der Waals surface area contributed by atoms with Crippen molar-refractivity contribution in [2.24, 2.45) is 5.73 Å². The number of hydrogen-bond donors (Lipinski definition) is 2. The van der Waals surface area contributed by atoms with Crippen LogP contribution < -0.4 is 11.1 Å². The molecule has 0 aliphatic carbocycles. The average molecular weight is 255 g/mol. The van der Waals surface area contributed by atoms with Crippen molar-refractivity contribution in [2.45, 2.75) is 12.8 Å². The number of nitrogens with two attached hydrogens (primary N) is 1. The molecule has 3 N–H and O–H groups in total. The number of thiocarbonyl (C=S) groups is 1. The molecule has 0 bridgehead atoms. The molecule has 0 saturated carbocycles. The normalized spacial score (nSPS) is 10.1. The van der Waals surface area contributed by atoms with E-state index in [1.54, 1.807) is 6.20 Å². The molecule has 1 rings (SSSR count). The van der Waals surface area contributed by atoms with E-state index < -0.39 is 0 Å². The van der Waals surface area contributed by atoms with Gasteiger partial charge in [0.1, 0.15) is 4.99 Å². The zero-order valence-corrected chi connectivity index (χ0v) is 11.0. The molecule has 0 saturated heterocycles. The van der Waals surface area contributed by atoms with Gasteiger partial charge >= 0.3 is 0 Å². The van der Waals surface area contributed by atoms with Gasteiger partial charge in [0.25, 0.3) is 0 Å². The molecular formula is C11H17N3S2. The van der Waals surface area contributed by atoms with Crippen LogP contribution in [0.3, 0.4) is 0 Å². The molecule has 0 unspecified atom stereocenters. The molecule has 0 fully saturated rings. The first kappa shape index (κ1) is 13.3. The van der Waals surface area contributed by atoms with Crippen molar-refractivity contribution in [3.63, 3.8) is 0 Å². The van der Waals surface area contributed by atoms with E-state index in [1.165, 1.54) is 18.6 Å². The minimum Gasteiger partial charge on any atom is -0.388 e. The number of thioether (sulfide) groups is 1. The number of aromatic nitrogens is 1. The predicted molar refractivity (Wildman–Crippen MR) is 76.2 cm³/mol. The van der Waals surface area contributed by atoms with Crippen LogP contribution >= 0.6 is 24.0 Å². The predicted octanol–water partition coefficient (Wildman–Crippen LogP) is 2.27. The fourth-order valence-corrected chi connectivity index (χ4v) is 1.88. The molecule has 0 atom stereocenters. The number of nitrogens with zero attached hydrogens (tertiary/aromatic N) is 1. The minimum absolute atomic E-state index is 0.339. The van der Waals surface area contributed by atoms with Crippen LogP contribution in [-0.4, -0.2) is 28.5 Å². The Kier molecular flexibility index (Phi) is 6.18. The van der Waals surface area contributed by atoms with Crippen LogP contribution in [0.4, 0.5) is 5.69 Å². The highest BCUT2D eigenvalue weighted by Crippen LogP contribution is 2.08. The van der Waals surface area contributed by atoms with Crippen molar-refractivity contribution in [3.8, 4) is 0 Å². The maximum atomic E-state index is 5.52. The number of anilines is 1. The third-order valence-corrected chi connectivity index (χ3v) is 3.02. The second-order valence-electron chi connectivity index (χ2n) is 3.42. The lowest BCUT2D eigenvalue weighted by atomic mass is 10.3. The smallest absolute Gasteiger partial charge is 0.122 e. The summed E-state index contributed by atoms with van der Waals surface area (Å²) in [6.45, 7) is 0.974. The van der Waals surface area contributed by atoms with E-state index in [0.717, 1.165) is 12.2 Å². The Balaban J connectivity index is 2.36. The Bertz CT molecular complexity index is 342. The summed E-state index contributed by atoms with van der Waals surface area (Å²) >= 11 is 6.76. The Morgan fingerprint density at radius 2 is 2.38 bits per heavy atom. The van der Waals surface area contributed by atoms with E-state index in [1.807, 2.05) is 23.9 Å². The molecule has 0 radical (unpaired) electrons. The lowest BCUT2D eigenvalue weighted by Gasteiger charge is -2.06. The standard InChI is InChI=1S/C11H17N3S2/c1-16-7-3-2-5-13-9-4-6-14-10(8-9)11(12)15/h4,6,8H,2-3,5,7H2,1H3,(H2,12,15)(H,13,14). The highest BCUT2D eigenvalue weighted by Gasteiger charge is 1.99. The van der Waals surface area contributed by atoms with Gasteiger partial charge in [0.2, 0.25) is 0 Å². The van der Waals surface area contributed by atoms with Gasteiger partial charge in [0.05, 0.1) is 5.69 Å². The largest absolute Gasteiger partial charge is 0.388 e. The molecule has 1 heterocycles. The van der Waals surface area contributed by atoms with Crippen molar-refractivity contribution in [1.29, 1.82) is 0 Å². The molecule has 88 valence electrons. The molecule has 3 nitrogen and oxygen atoms in total. The van der Waals surface area contributed by atoms with E-state index >= 15 is 0 Å². The second-order valence-corrected chi connectivity index (χ2v) is 4.85. The molecular weight excluding hydrogens is 238 g/mol. The first-order valence-electron chi connectivity index (χ1n) is 5.22. The first-order valence-corrected chi connectivity index (χ1v) is 7.03. The van der Waals surface area contributed by atoms with Crippen LogP contribution in [0.15, 0.2) is 18.3 Å². The van der Waals surface area contributed by atoms with Gasteiger partial charge in [-0.3, -0.25) is 4.98 Å². The van der Waals surface area contributed by atoms with Gasteiger partial charge in [-0.15, -0.1) is 0 Å². The summed E-state index contributed by atoms with van der Waals surface area (Å²) < 4.78 is 0. The lowest BCUT2D eigenvalue weighted by molar-refractivity contribution is 0.843. The number of hydrogen-bond acceptors (Lipinski definition) is 4. The van der Waals surface area contributed by atoms with Crippen molar-refractivity contribution in [3.05, 3.63) is 24.0 Å². The van der Waals surface area contributed by atoms with Gasteiger partial charge in [-0.2, -0.15) is 11.8 Å². The molecule has 0 aliphatic heterocycles. The zero-order valence-electron chi connectivity index (χ0n) is 9.40. The van der Waals surface area contributed by atoms with E-state index in [2.05, 4.69) is 16.6 Å². The third-order valence-electron chi connectivity index (χ3n) is 2.12. The summed E-state index contributed by atoms with van der Waals surface area (Å²) in [4.78, 5) is 4.43.